The zero-order chi connectivity index (χ0) is 11.5. The molecule has 1 fully saturated rings. The monoisotopic (exact) mass is 224 g/mol. The molecule has 2 rings (SSSR count). The predicted octanol–water partition coefficient (Wildman–Crippen LogP) is 2.17. The maximum Gasteiger partial charge on any atom is 0.313 e. The Balaban J connectivity index is 2.28. The number of ether oxygens (including phenoxy) is 1. The number of aliphatic carboxylic acids is 1. The topological polar surface area (TPSA) is 46.5 Å². The average molecular weight is 224 g/mol. The van der Waals surface area contributed by atoms with Crippen molar-refractivity contribution in [1.29, 1.82) is 0 Å². The number of hydrogen-bond donors (Lipinski definition) is 1. The fourth-order valence-corrected chi connectivity index (χ4v) is 2.08. The maximum absolute atomic E-state index is 13.0. The number of benzene rings is 1. The second kappa shape index (κ2) is 4.61. The molecule has 1 heterocycles. The van der Waals surface area contributed by atoms with Crippen molar-refractivity contribution in [2.24, 2.45) is 0 Å². The number of carboxylic acids is 1. The molecule has 2 unspecified atom stereocenters. The molecule has 1 aromatic rings. The van der Waals surface area contributed by atoms with Crippen LogP contribution in [-0.4, -0.2) is 23.8 Å². The van der Waals surface area contributed by atoms with Crippen LogP contribution in [0.4, 0.5) is 4.39 Å². The van der Waals surface area contributed by atoms with Gasteiger partial charge in [-0.05, 0) is 30.5 Å². The van der Waals surface area contributed by atoms with E-state index in [4.69, 9.17) is 4.74 Å². The second-order valence-corrected chi connectivity index (χ2v) is 3.92. The lowest BCUT2D eigenvalue weighted by molar-refractivity contribution is -0.141. The minimum atomic E-state index is -0.961. The fraction of sp³-hybridized carbons (Fsp3) is 0.417. The highest BCUT2D eigenvalue weighted by Gasteiger charge is 2.33. The summed E-state index contributed by atoms with van der Waals surface area (Å²) < 4.78 is 18.4. The first kappa shape index (κ1) is 11.1. The Bertz CT molecular complexity index is 386. The van der Waals surface area contributed by atoms with Gasteiger partial charge in [0.25, 0.3) is 0 Å². The van der Waals surface area contributed by atoms with Gasteiger partial charge >= 0.3 is 5.97 Å². The summed E-state index contributed by atoms with van der Waals surface area (Å²) in [4.78, 5) is 11.2. The van der Waals surface area contributed by atoms with E-state index in [2.05, 4.69) is 0 Å². The van der Waals surface area contributed by atoms with Crippen LogP contribution in [0.2, 0.25) is 0 Å². The largest absolute Gasteiger partial charge is 0.481 e. The summed E-state index contributed by atoms with van der Waals surface area (Å²) in [6.45, 7) is 0.587. The van der Waals surface area contributed by atoms with Crippen molar-refractivity contribution in [3.8, 4) is 0 Å². The minimum Gasteiger partial charge on any atom is -0.481 e. The van der Waals surface area contributed by atoms with Crippen LogP contribution in [-0.2, 0) is 9.53 Å². The second-order valence-electron chi connectivity index (χ2n) is 3.92. The molecule has 1 saturated heterocycles. The van der Waals surface area contributed by atoms with E-state index in [1.165, 1.54) is 18.2 Å². The zero-order valence-corrected chi connectivity index (χ0v) is 8.73. The van der Waals surface area contributed by atoms with Gasteiger partial charge < -0.3 is 9.84 Å². The van der Waals surface area contributed by atoms with E-state index in [0.29, 0.717) is 18.6 Å². The van der Waals surface area contributed by atoms with E-state index in [1.807, 2.05) is 0 Å². The molecule has 2 atom stereocenters. The molecule has 4 heteroatoms. The molecule has 1 aromatic carbocycles. The quantitative estimate of drug-likeness (QED) is 0.855. The van der Waals surface area contributed by atoms with Gasteiger partial charge in [0, 0.05) is 6.61 Å². The van der Waals surface area contributed by atoms with Crippen molar-refractivity contribution in [2.45, 2.75) is 24.9 Å². The molecule has 0 bridgehead atoms. The predicted molar refractivity (Wildman–Crippen MR) is 55.8 cm³/mol. The minimum absolute atomic E-state index is 0.334. The lowest BCUT2D eigenvalue weighted by Crippen LogP contribution is -2.25. The Morgan fingerprint density at radius 3 is 2.94 bits per heavy atom. The average Bonchev–Trinajstić information content (AvgIpc) is 2.71. The Hall–Kier alpha value is -1.42. The summed E-state index contributed by atoms with van der Waals surface area (Å²) >= 11 is 0. The first-order valence-electron chi connectivity index (χ1n) is 5.28. The lowest BCUT2D eigenvalue weighted by atomic mass is 9.92. The molecular weight excluding hydrogens is 211 g/mol. The van der Waals surface area contributed by atoms with Crippen LogP contribution >= 0.6 is 0 Å². The van der Waals surface area contributed by atoms with Crippen molar-refractivity contribution in [3.05, 3.63) is 35.6 Å². The number of carboxylic acid groups (broad SMARTS) is 1. The third-order valence-corrected chi connectivity index (χ3v) is 2.81. The van der Waals surface area contributed by atoms with Gasteiger partial charge in [0.1, 0.15) is 11.7 Å². The highest BCUT2D eigenvalue weighted by Crippen LogP contribution is 2.29. The number of rotatable bonds is 3. The van der Waals surface area contributed by atoms with E-state index in [1.54, 1.807) is 6.07 Å². The van der Waals surface area contributed by atoms with E-state index in [-0.39, 0.29) is 6.10 Å². The van der Waals surface area contributed by atoms with Gasteiger partial charge in [-0.2, -0.15) is 0 Å². The summed E-state index contributed by atoms with van der Waals surface area (Å²) in [6, 6.07) is 5.72. The van der Waals surface area contributed by atoms with Crippen LogP contribution in [0.15, 0.2) is 24.3 Å². The highest BCUT2D eigenvalue weighted by molar-refractivity contribution is 5.77. The van der Waals surface area contributed by atoms with Crippen LogP contribution in [0.5, 0.6) is 0 Å². The first-order chi connectivity index (χ1) is 7.68. The third-order valence-electron chi connectivity index (χ3n) is 2.81. The smallest absolute Gasteiger partial charge is 0.313 e. The Morgan fingerprint density at radius 1 is 1.56 bits per heavy atom. The number of halogens is 1. The molecule has 1 aliphatic heterocycles. The van der Waals surface area contributed by atoms with E-state index in [9.17, 15) is 14.3 Å². The molecule has 0 spiro atoms. The van der Waals surface area contributed by atoms with Gasteiger partial charge in [0.05, 0.1) is 6.10 Å². The van der Waals surface area contributed by atoms with E-state index >= 15 is 0 Å². The van der Waals surface area contributed by atoms with Gasteiger partial charge in [-0.15, -0.1) is 0 Å². The Kier molecular flexibility index (Phi) is 3.19. The molecule has 0 amide bonds. The first-order valence-corrected chi connectivity index (χ1v) is 5.28. The summed E-state index contributed by atoms with van der Waals surface area (Å²) in [5.41, 5.74) is 0.472. The third kappa shape index (κ3) is 2.22. The summed E-state index contributed by atoms with van der Waals surface area (Å²) in [6.07, 6.45) is 1.25. The van der Waals surface area contributed by atoms with Gasteiger partial charge in [-0.1, -0.05) is 12.1 Å². The number of carbonyl (C=O) groups is 1. The molecule has 3 nitrogen and oxygen atoms in total. The van der Waals surface area contributed by atoms with E-state index < -0.39 is 17.7 Å². The molecular formula is C12H13FO3. The SMILES string of the molecule is O=C(O)C(c1cccc(F)c1)C1CCCO1. The maximum atomic E-state index is 13.0. The lowest BCUT2D eigenvalue weighted by Gasteiger charge is -2.19. The van der Waals surface area contributed by atoms with Gasteiger partial charge in [0.2, 0.25) is 0 Å². The van der Waals surface area contributed by atoms with Gasteiger partial charge in [0.15, 0.2) is 0 Å². The number of hydrogen-bond acceptors (Lipinski definition) is 2. The molecule has 0 radical (unpaired) electrons. The Morgan fingerprint density at radius 2 is 2.38 bits per heavy atom. The molecule has 16 heavy (non-hydrogen) atoms. The summed E-state index contributed by atoms with van der Waals surface area (Å²) in [5.74, 6) is -2.14. The van der Waals surface area contributed by atoms with Crippen LogP contribution in [0.25, 0.3) is 0 Å². The van der Waals surface area contributed by atoms with Crippen molar-refractivity contribution in [3.63, 3.8) is 0 Å². The highest BCUT2D eigenvalue weighted by atomic mass is 19.1. The molecule has 1 aliphatic rings. The fourth-order valence-electron chi connectivity index (χ4n) is 2.08. The summed E-state index contributed by atoms with van der Waals surface area (Å²) in [7, 11) is 0. The molecule has 0 aromatic heterocycles. The van der Waals surface area contributed by atoms with Crippen LogP contribution in [0.3, 0.4) is 0 Å². The Labute approximate surface area is 92.9 Å². The van der Waals surface area contributed by atoms with E-state index in [0.717, 1.165) is 6.42 Å². The van der Waals surface area contributed by atoms with Gasteiger partial charge in [-0.3, -0.25) is 4.79 Å². The molecule has 0 aliphatic carbocycles. The van der Waals surface area contributed by atoms with Crippen molar-refractivity contribution in [2.75, 3.05) is 6.61 Å². The van der Waals surface area contributed by atoms with Crippen LogP contribution in [0, 0.1) is 5.82 Å². The van der Waals surface area contributed by atoms with Crippen molar-refractivity contribution < 1.29 is 19.0 Å². The van der Waals surface area contributed by atoms with Gasteiger partial charge in [-0.25, -0.2) is 4.39 Å². The standard InChI is InChI=1S/C12H13FO3/c13-9-4-1-3-8(7-9)11(12(14)15)10-5-2-6-16-10/h1,3-4,7,10-11H,2,5-6H2,(H,14,15). The normalized spacial score (nSPS) is 21.9. The molecule has 86 valence electrons. The molecule has 0 saturated carbocycles. The summed E-state index contributed by atoms with van der Waals surface area (Å²) in [5, 5.41) is 9.18. The molecule has 1 N–H and O–H groups in total. The zero-order valence-electron chi connectivity index (χ0n) is 8.73. The van der Waals surface area contributed by atoms with Crippen molar-refractivity contribution >= 4 is 5.97 Å². The van der Waals surface area contributed by atoms with Crippen LogP contribution < -0.4 is 0 Å². The van der Waals surface area contributed by atoms with Crippen LogP contribution in [0.1, 0.15) is 24.3 Å². The van der Waals surface area contributed by atoms with Crippen molar-refractivity contribution in [1.82, 2.24) is 0 Å².